The Labute approximate surface area is 108 Å². The average molecular weight is 241 g/mol. The van der Waals surface area contributed by atoms with E-state index in [-0.39, 0.29) is 0 Å². The molecule has 0 fully saturated rings. The van der Waals surface area contributed by atoms with Crippen LogP contribution >= 0.6 is 0 Å². The first-order valence-corrected chi connectivity index (χ1v) is 6.59. The van der Waals surface area contributed by atoms with Crippen molar-refractivity contribution in [2.24, 2.45) is 5.92 Å². The summed E-state index contributed by atoms with van der Waals surface area (Å²) in [6.45, 7) is 6.40. The van der Waals surface area contributed by atoms with Gasteiger partial charge in [0.05, 0.1) is 17.9 Å². The van der Waals surface area contributed by atoms with Gasteiger partial charge in [0.15, 0.2) is 0 Å². The fraction of sp³-hybridized carbons (Fsp3) is 0.400. The van der Waals surface area contributed by atoms with E-state index >= 15 is 0 Å². The SMILES string of the molecule is CC(C)C1Cn2nc(-c3ccccc3)cc2CN1. The number of hydrogen-bond donors (Lipinski definition) is 1. The van der Waals surface area contributed by atoms with E-state index in [2.05, 4.69) is 54.2 Å². The maximum Gasteiger partial charge on any atom is 0.0926 e. The van der Waals surface area contributed by atoms with E-state index in [1.807, 2.05) is 6.07 Å². The zero-order valence-corrected chi connectivity index (χ0v) is 10.9. The van der Waals surface area contributed by atoms with Crippen LogP contribution in [0.4, 0.5) is 0 Å². The van der Waals surface area contributed by atoms with Gasteiger partial charge >= 0.3 is 0 Å². The van der Waals surface area contributed by atoms with Crippen molar-refractivity contribution in [3.05, 3.63) is 42.1 Å². The normalized spacial score (nSPS) is 18.9. The van der Waals surface area contributed by atoms with Crippen molar-refractivity contribution < 1.29 is 0 Å². The summed E-state index contributed by atoms with van der Waals surface area (Å²) >= 11 is 0. The van der Waals surface area contributed by atoms with E-state index in [4.69, 9.17) is 5.10 Å². The molecule has 1 N–H and O–H groups in total. The number of nitrogens with one attached hydrogen (secondary N) is 1. The van der Waals surface area contributed by atoms with Gasteiger partial charge in [0.2, 0.25) is 0 Å². The van der Waals surface area contributed by atoms with Crippen molar-refractivity contribution in [2.45, 2.75) is 33.0 Å². The first-order valence-electron chi connectivity index (χ1n) is 6.59. The van der Waals surface area contributed by atoms with Crippen molar-refractivity contribution >= 4 is 0 Å². The first-order chi connectivity index (χ1) is 8.74. The summed E-state index contributed by atoms with van der Waals surface area (Å²) in [5.74, 6) is 0.641. The second-order valence-electron chi connectivity index (χ2n) is 5.30. The molecule has 1 unspecified atom stereocenters. The molecule has 0 spiro atoms. The first kappa shape index (κ1) is 11.5. The molecule has 1 aliphatic rings. The maximum absolute atomic E-state index is 4.73. The molecule has 0 saturated heterocycles. The minimum atomic E-state index is 0.529. The van der Waals surface area contributed by atoms with Gasteiger partial charge in [-0.1, -0.05) is 44.2 Å². The molecule has 3 heteroatoms. The van der Waals surface area contributed by atoms with Gasteiger partial charge in [-0.15, -0.1) is 0 Å². The van der Waals surface area contributed by atoms with Gasteiger partial charge in [0.25, 0.3) is 0 Å². The highest BCUT2D eigenvalue weighted by Crippen LogP contribution is 2.21. The highest BCUT2D eigenvalue weighted by Gasteiger charge is 2.22. The molecule has 0 radical (unpaired) electrons. The van der Waals surface area contributed by atoms with Gasteiger partial charge in [0.1, 0.15) is 0 Å². The number of benzene rings is 1. The minimum absolute atomic E-state index is 0.529. The van der Waals surface area contributed by atoms with Crippen LogP contribution in [0.2, 0.25) is 0 Å². The third kappa shape index (κ3) is 2.06. The van der Waals surface area contributed by atoms with Crippen molar-refractivity contribution in [1.82, 2.24) is 15.1 Å². The lowest BCUT2D eigenvalue weighted by Gasteiger charge is -2.27. The second-order valence-corrected chi connectivity index (χ2v) is 5.30. The summed E-state index contributed by atoms with van der Waals surface area (Å²) in [6, 6.07) is 13.1. The van der Waals surface area contributed by atoms with E-state index in [0.29, 0.717) is 12.0 Å². The molecular formula is C15H19N3. The molecule has 1 aromatic heterocycles. The zero-order chi connectivity index (χ0) is 12.5. The summed E-state index contributed by atoms with van der Waals surface area (Å²) in [5.41, 5.74) is 3.56. The third-order valence-corrected chi connectivity index (χ3v) is 3.65. The largest absolute Gasteiger partial charge is 0.306 e. The fourth-order valence-corrected chi connectivity index (χ4v) is 2.44. The van der Waals surface area contributed by atoms with Gasteiger partial charge in [-0.3, -0.25) is 4.68 Å². The molecule has 3 rings (SSSR count). The lowest BCUT2D eigenvalue weighted by atomic mass is 10.0. The predicted molar refractivity (Wildman–Crippen MR) is 73.1 cm³/mol. The fourth-order valence-electron chi connectivity index (χ4n) is 2.44. The number of rotatable bonds is 2. The number of nitrogens with zero attached hydrogens (tertiary/aromatic N) is 2. The quantitative estimate of drug-likeness (QED) is 0.876. The molecule has 0 aliphatic carbocycles. The molecule has 1 atom stereocenters. The standard InChI is InChI=1S/C15H19N3/c1-11(2)15-10-18-13(9-16-15)8-14(17-18)12-6-4-3-5-7-12/h3-8,11,15-16H,9-10H2,1-2H3. The highest BCUT2D eigenvalue weighted by atomic mass is 15.3. The topological polar surface area (TPSA) is 29.9 Å². The summed E-state index contributed by atoms with van der Waals surface area (Å²) in [6.07, 6.45) is 0. The Morgan fingerprint density at radius 1 is 1.28 bits per heavy atom. The Kier molecular flexibility index (Phi) is 2.92. The number of fused-ring (bicyclic) bond motifs is 1. The lowest BCUT2D eigenvalue weighted by molar-refractivity contribution is 0.302. The van der Waals surface area contributed by atoms with Crippen LogP contribution < -0.4 is 5.32 Å². The molecule has 1 aromatic carbocycles. The summed E-state index contributed by atoms with van der Waals surface area (Å²) in [5, 5.41) is 8.31. The van der Waals surface area contributed by atoms with E-state index in [1.54, 1.807) is 0 Å². The summed E-state index contributed by atoms with van der Waals surface area (Å²) in [7, 11) is 0. The Morgan fingerprint density at radius 3 is 2.78 bits per heavy atom. The van der Waals surface area contributed by atoms with E-state index in [1.165, 1.54) is 11.3 Å². The van der Waals surface area contributed by atoms with E-state index in [9.17, 15) is 0 Å². The van der Waals surface area contributed by atoms with Gasteiger partial charge in [-0.2, -0.15) is 5.10 Å². The Balaban J connectivity index is 1.90. The second kappa shape index (κ2) is 4.58. The van der Waals surface area contributed by atoms with Gasteiger partial charge in [-0.25, -0.2) is 0 Å². The summed E-state index contributed by atoms with van der Waals surface area (Å²) in [4.78, 5) is 0. The van der Waals surface area contributed by atoms with Crippen LogP contribution in [0.5, 0.6) is 0 Å². The Morgan fingerprint density at radius 2 is 2.06 bits per heavy atom. The van der Waals surface area contributed by atoms with Crippen LogP contribution in [-0.4, -0.2) is 15.8 Å². The van der Waals surface area contributed by atoms with Crippen LogP contribution in [-0.2, 0) is 13.1 Å². The number of aromatic nitrogens is 2. The molecule has 1 aliphatic heterocycles. The maximum atomic E-state index is 4.73. The molecule has 94 valence electrons. The summed E-state index contributed by atoms with van der Waals surface area (Å²) < 4.78 is 2.16. The van der Waals surface area contributed by atoms with Gasteiger partial charge < -0.3 is 5.32 Å². The smallest absolute Gasteiger partial charge is 0.0926 e. The average Bonchev–Trinajstić information content (AvgIpc) is 2.82. The monoisotopic (exact) mass is 241 g/mol. The Bertz CT molecular complexity index is 528. The van der Waals surface area contributed by atoms with Crippen LogP contribution in [0.3, 0.4) is 0 Å². The van der Waals surface area contributed by atoms with Gasteiger partial charge in [0, 0.05) is 18.2 Å². The van der Waals surface area contributed by atoms with Crippen molar-refractivity contribution in [3.63, 3.8) is 0 Å². The van der Waals surface area contributed by atoms with Crippen LogP contribution in [0.1, 0.15) is 19.5 Å². The van der Waals surface area contributed by atoms with Crippen LogP contribution in [0, 0.1) is 5.92 Å². The highest BCUT2D eigenvalue weighted by molar-refractivity contribution is 5.59. The lowest BCUT2D eigenvalue weighted by Crippen LogP contribution is -2.42. The molecule has 0 bridgehead atoms. The van der Waals surface area contributed by atoms with Crippen molar-refractivity contribution in [2.75, 3.05) is 0 Å². The van der Waals surface area contributed by atoms with Crippen molar-refractivity contribution in [1.29, 1.82) is 0 Å². The molecule has 3 nitrogen and oxygen atoms in total. The molecular weight excluding hydrogens is 222 g/mol. The molecule has 18 heavy (non-hydrogen) atoms. The van der Waals surface area contributed by atoms with E-state index in [0.717, 1.165) is 18.8 Å². The minimum Gasteiger partial charge on any atom is -0.306 e. The molecule has 0 amide bonds. The zero-order valence-electron chi connectivity index (χ0n) is 10.9. The predicted octanol–water partition coefficient (Wildman–Crippen LogP) is 2.68. The molecule has 2 aromatic rings. The van der Waals surface area contributed by atoms with Crippen molar-refractivity contribution in [3.8, 4) is 11.3 Å². The Hall–Kier alpha value is -1.61. The third-order valence-electron chi connectivity index (χ3n) is 3.65. The van der Waals surface area contributed by atoms with Crippen LogP contribution in [0.15, 0.2) is 36.4 Å². The van der Waals surface area contributed by atoms with Gasteiger partial charge in [-0.05, 0) is 12.0 Å². The number of hydrogen-bond acceptors (Lipinski definition) is 2. The van der Waals surface area contributed by atoms with E-state index < -0.39 is 0 Å². The van der Waals surface area contributed by atoms with Crippen LogP contribution in [0.25, 0.3) is 11.3 Å². The molecule has 2 heterocycles. The molecule has 0 saturated carbocycles.